The Bertz CT molecular complexity index is 542. The fourth-order valence-electron chi connectivity index (χ4n) is 2.04. The van der Waals surface area contributed by atoms with Gasteiger partial charge in [0, 0.05) is 12.1 Å². The van der Waals surface area contributed by atoms with E-state index in [0.717, 1.165) is 12.5 Å². The summed E-state index contributed by atoms with van der Waals surface area (Å²) in [4.78, 5) is -0.0841. The molecule has 1 rings (SSSR count). The molecule has 19 heavy (non-hydrogen) atoms. The Morgan fingerprint density at radius 1 is 1.37 bits per heavy atom. The number of hydrogen-bond donors (Lipinski definition) is 2. The SMILES string of the molecule is CCCC(C)(C)NS(=O)(=O)c1cc(F)ccc1CN. The van der Waals surface area contributed by atoms with Crippen LogP contribution in [0.25, 0.3) is 0 Å². The second kappa shape index (κ2) is 5.98. The second-order valence-electron chi connectivity index (χ2n) is 5.20. The van der Waals surface area contributed by atoms with Gasteiger partial charge in [-0.1, -0.05) is 19.4 Å². The molecule has 0 aliphatic heterocycles. The molecular formula is C13H21FN2O2S. The van der Waals surface area contributed by atoms with Gasteiger partial charge >= 0.3 is 0 Å². The molecule has 0 bridgehead atoms. The predicted molar refractivity (Wildman–Crippen MR) is 73.6 cm³/mol. The smallest absolute Gasteiger partial charge is 0.241 e. The van der Waals surface area contributed by atoms with Crippen molar-refractivity contribution in [2.75, 3.05) is 0 Å². The van der Waals surface area contributed by atoms with Crippen molar-refractivity contribution in [3.8, 4) is 0 Å². The van der Waals surface area contributed by atoms with Crippen LogP contribution < -0.4 is 10.5 Å². The van der Waals surface area contributed by atoms with E-state index in [1.807, 2.05) is 6.92 Å². The average molecular weight is 288 g/mol. The van der Waals surface area contributed by atoms with Crippen LogP contribution in [0.2, 0.25) is 0 Å². The van der Waals surface area contributed by atoms with Crippen LogP contribution in [0, 0.1) is 5.82 Å². The summed E-state index contributed by atoms with van der Waals surface area (Å²) in [5, 5.41) is 0. The lowest BCUT2D eigenvalue weighted by Gasteiger charge is -2.26. The Morgan fingerprint density at radius 3 is 2.53 bits per heavy atom. The van der Waals surface area contributed by atoms with E-state index in [2.05, 4.69) is 4.72 Å². The van der Waals surface area contributed by atoms with Gasteiger partial charge in [-0.2, -0.15) is 0 Å². The van der Waals surface area contributed by atoms with Gasteiger partial charge in [-0.3, -0.25) is 0 Å². The zero-order chi connectivity index (χ0) is 14.7. The van der Waals surface area contributed by atoms with Gasteiger partial charge in [0.15, 0.2) is 0 Å². The Balaban J connectivity index is 3.17. The monoisotopic (exact) mass is 288 g/mol. The average Bonchev–Trinajstić information content (AvgIpc) is 2.27. The van der Waals surface area contributed by atoms with E-state index in [4.69, 9.17) is 5.73 Å². The molecule has 0 fully saturated rings. The Morgan fingerprint density at radius 2 is 2.00 bits per heavy atom. The third-order valence-corrected chi connectivity index (χ3v) is 4.60. The number of sulfonamides is 1. The number of nitrogens with two attached hydrogens (primary N) is 1. The van der Waals surface area contributed by atoms with Crippen molar-refractivity contribution in [2.45, 2.75) is 50.6 Å². The molecule has 0 unspecified atom stereocenters. The molecule has 0 atom stereocenters. The van der Waals surface area contributed by atoms with E-state index >= 15 is 0 Å². The van der Waals surface area contributed by atoms with Crippen molar-refractivity contribution in [3.63, 3.8) is 0 Å². The van der Waals surface area contributed by atoms with Crippen LogP contribution in [-0.2, 0) is 16.6 Å². The first kappa shape index (κ1) is 16.1. The van der Waals surface area contributed by atoms with Gasteiger partial charge in [-0.15, -0.1) is 0 Å². The molecule has 108 valence electrons. The molecule has 6 heteroatoms. The fourth-order valence-corrected chi connectivity index (χ4v) is 3.75. The van der Waals surface area contributed by atoms with E-state index < -0.39 is 21.4 Å². The van der Waals surface area contributed by atoms with Crippen LogP contribution in [-0.4, -0.2) is 14.0 Å². The van der Waals surface area contributed by atoms with Crippen LogP contribution in [0.5, 0.6) is 0 Å². The molecule has 0 aromatic heterocycles. The van der Waals surface area contributed by atoms with Gasteiger partial charge in [0.25, 0.3) is 0 Å². The van der Waals surface area contributed by atoms with Gasteiger partial charge in [0.2, 0.25) is 10.0 Å². The largest absolute Gasteiger partial charge is 0.326 e. The number of hydrogen-bond acceptors (Lipinski definition) is 3. The van der Waals surface area contributed by atoms with Crippen LogP contribution in [0.4, 0.5) is 4.39 Å². The molecule has 0 aliphatic carbocycles. The van der Waals surface area contributed by atoms with Crippen molar-refractivity contribution < 1.29 is 12.8 Å². The lowest BCUT2D eigenvalue weighted by Crippen LogP contribution is -2.43. The molecule has 3 N–H and O–H groups in total. The summed E-state index contributed by atoms with van der Waals surface area (Å²) in [6.07, 6.45) is 1.54. The normalized spacial score (nSPS) is 12.7. The zero-order valence-electron chi connectivity index (χ0n) is 11.5. The number of halogens is 1. The van der Waals surface area contributed by atoms with E-state index in [1.54, 1.807) is 13.8 Å². The summed E-state index contributed by atoms with van der Waals surface area (Å²) in [6.45, 7) is 5.62. The minimum Gasteiger partial charge on any atom is -0.326 e. The van der Waals surface area contributed by atoms with Gasteiger partial charge in [0.1, 0.15) is 5.82 Å². The van der Waals surface area contributed by atoms with E-state index in [1.165, 1.54) is 12.1 Å². The lowest BCUT2D eigenvalue weighted by molar-refractivity contribution is 0.417. The molecule has 1 aromatic carbocycles. The van der Waals surface area contributed by atoms with Gasteiger partial charge in [0.05, 0.1) is 4.90 Å². The summed E-state index contributed by atoms with van der Waals surface area (Å²) >= 11 is 0. The first-order chi connectivity index (χ1) is 8.72. The molecular weight excluding hydrogens is 267 g/mol. The second-order valence-corrected chi connectivity index (χ2v) is 6.85. The van der Waals surface area contributed by atoms with Crippen molar-refractivity contribution in [2.24, 2.45) is 5.73 Å². The molecule has 4 nitrogen and oxygen atoms in total. The van der Waals surface area contributed by atoms with Crippen molar-refractivity contribution >= 4 is 10.0 Å². The van der Waals surface area contributed by atoms with E-state index in [-0.39, 0.29) is 11.4 Å². The minimum atomic E-state index is -3.78. The Kier molecular flexibility index (Phi) is 5.06. The lowest BCUT2D eigenvalue weighted by atomic mass is 10.0. The summed E-state index contributed by atoms with van der Waals surface area (Å²) in [5.74, 6) is -0.592. The van der Waals surface area contributed by atoms with Crippen LogP contribution in [0.3, 0.4) is 0 Å². The van der Waals surface area contributed by atoms with Gasteiger partial charge in [-0.25, -0.2) is 17.5 Å². The molecule has 0 saturated heterocycles. The minimum absolute atomic E-state index is 0.0464. The van der Waals surface area contributed by atoms with Crippen LogP contribution in [0.15, 0.2) is 23.1 Å². The highest BCUT2D eigenvalue weighted by molar-refractivity contribution is 7.89. The number of rotatable bonds is 6. The molecule has 1 aromatic rings. The highest BCUT2D eigenvalue weighted by Crippen LogP contribution is 2.21. The third-order valence-electron chi connectivity index (χ3n) is 2.82. The molecule has 0 spiro atoms. The maximum atomic E-state index is 13.3. The number of nitrogens with one attached hydrogen (secondary N) is 1. The summed E-state index contributed by atoms with van der Waals surface area (Å²) in [7, 11) is -3.78. The van der Waals surface area contributed by atoms with Crippen molar-refractivity contribution in [1.82, 2.24) is 4.72 Å². The van der Waals surface area contributed by atoms with Gasteiger partial charge < -0.3 is 5.73 Å². The number of benzene rings is 1. The summed E-state index contributed by atoms with van der Waals surface area (Å²) < 4.78 is 40.5. The fraction of sp³-hybridized carbons (Fsp3) is 0.538. The summed E-state index contributed by atoms with van der Waals surface area (Å²) in [5.41, 5.74) is 5.33. The molecule has 0 saturated carbocycles. The first-order valence-electron chi connectivity index (χ1n) is 6.24. The molecule has 0 aliphatic rings. The highest BCUT2D eigenvalue weighted by Gasteiger charge is 2.27. The summed E-state index contributed by atoms with van der Waals surface area (Å²) in [6, 6.07) is 3.61. The van der Waals surface area contributed by atoms with Crippen molar-refractivity contribution in [3.05, 3.63) is 29.6 Å². The first-order valence-corrected chi connectivity index (χ1v) is 7.72. The molecule has 0 radical (unpaired) electrons. The quantitative estimate of drug-likeness (QED) is 0.842. The zero-order valence-corrected chi connectivity index (χ0v) is 12.3. The maximum absolute atomic E-state index is 13.3. The topological polar surface area (TPSA) is 72.2 Å². The standard InChI is InChI=1S/C13H21FN2O2S/c1-4-7-13(2,3)16-19(17,18)12-8-11(14)6-5-10(12)9-15/h5-6,8,16H,4,7,9,15H2,1-3H3. The third kappa shape index (κ3) is 4.26. The van der Waals surface area contributed by atoms with Gasteiger partial charge in [-0.05, 0) is 38.0 Å². The van der Waals surface area contributed by atoms with Crippen molar-refractivity contribution in [1.29, 1.82) is 0 Å². The predicted octanol–water partition coefficient (Wildman–Crippen LogP) is 2.14. The maximum Gasteiger partial charge on any atom is 0.241 e. The van der Waals surface area contributed by atoms with Crippen LogP contribution in [0.1, 0.15) is 39.2 Å². The van der Waals surface area contributed by atoms with E-state index in [0.29, 0.717) is 12.0 Å². The Labute approximate surface area is 114 Å². The Hall–Kier alpha value is -0.980. The molecule has 0 amide bonds. The van der Waals surface area contributed by atoms with Crippen LogP contribution >= 0.6 is 0 Å². The molecule has 0 heterocycles. The van der Waals surface area contributed by atoms with E-state index in [9.17, 15) is 12.8 Å². The highest BCUT2D eigenvalue weighted by atomic mass is 32.2.